The number of hydrogen-bond donors (Lipinski definition) is 2. The number of piperidine rings is 1. The standard InChI is InChI=1S/C22H29N3O3/c1-3-28-19-9-5-4-8-18(19)14-24-21(26)20-16(2)10-12-25(22(20)27)15-17-7-6-11-23-13-17/h4-5,8-10,12,17,23H,3,6-7,11,13-15H2,1-2H3,(H,24,26). The highest BCUT2D eigenvalue weighted by atomic mass is 16.5. The van der Waals surface area contributed by atoms with Crippen LogP contribution in [0.4, 0.5) is 0 Å². The van der Waals surface area contributed by atoms with Crippen molar-refractivity contribution in [3.8, 4) is 5.75 Å². The van der Waals surface area contributed by atoms with Crippen LogP contribution in [0.1, 0.15) is 41.3 Å². The molecule has 2 heterocycles. The number of carbonyl (C=O) groups is 1. The maximum atomic E-state index is 12.9. The molecule has 1 aliphatic heterocycles. The predicted molar refractivity (Wildman–Crippen MR) is 110 cm³/mol. The highest BCUT2D eigenvalue weighted by Crippen LogP contribution is 2.18. The molecule has 1 fully saturated rings. The number of pyridine rings is 1. The largest absolute Gasteiger partial charge is 0.494 e. The monoisotopic (exact) mass is 383 g/mol. The third-order valence-electron chi connectivity index (χ3n) is 5.17. The highest BCUT2D eigenvalue weighted by molar-refractivity contribution is 5.95. The summed E-state index contributed by atoms with van der Waals surface area (Å²) in [6.07, 6.45) is 4.02. The second kappa shape index (κ2) is 9.55. The van der Waals surface area contributed by atoms with Crippen LogP contribution >= 0.6 is 0 Å². The lowest BCUT2D eigenvalue weighted by atomic mass is 9.99. The van der Waals surface area contributed by atoms with E-state index in [1.165, 1.54) is 0 Å². The number of para-hydroxylation sites is 1. The van der Waals surface area contributed by atoms with Gasteiger partial charge in [0.05, 0.1) is 6.61 Å². The Balaban J connectivity index is 1.74. The lowest BCUT2D eigenvalue weighted by molar-refractivity contribution is 0.0947. The lowest BCUT2D eigenvalue weighted by Crippen LogP contribution is -2.37. The Labute approximate surface area is 165 Å². The van der Waals surface area contributed by atoms with Crippen molar-refractivity contribution in [1.82, 2.24) is 15.2 Å². The van der Waals surface area contributed by atoms with Crippen LogP contribution in [0.15, 0.2) is 41.3 Å². The number of amides is 1. The van der Waals surface area contributed by atoms with Crippen LogP contribution in [0.25, 0.3) is 0 Å². The molecule has 1 aromatic heterocycles. The van der Waals surface area contributed by atoms with Crippen molar-refractivity contribution >= 4 is 5.91 Å². The number of hydrogen-bond acceptors (Lipinski definition) is 4. The molecule has 1 atom stereocenters. The Kier molecular flexibility index (Phi) is 6.87. The fourth-order valence-corrected chi connectivity index (χ4v) is 3.65. The summed E-state index contributed by atoms with van der Waals surface area (Å²) in [4.78, 5) is 25.7. The normalized spacial score (nSPS) is 16.6. The molecule has 0 radical (unpaired) electrons. The van der Waals surface area contributed by atoms with E-state index in [-0.39, 0.29) is 17.0 Å². The summed E-state index contributed by atoms with van der Waals surface area (Å²) in [7, 11) is 0. The molecule has 3 rings (SSSR count). The van der Waals surface area contributed by atoms with E-state index in [0.717, 1.165) is 37.2 Å². The zero-order valence-electron chi connectivity index (χ0n) is 16.7. The molecule has 28 heavy (non-hydrogen) atoms. The van der Waals surface area contributed by atoms with E-state index < -0.39 is 0 Å². The summed E-state index contributed by atoms with van der Waals surface area (Å²) in [5.41, 5.74) is 1.58. The minimum Gasteiger partial charge on any atom is -0.494 e. The van der Waals surface area contributed by atoms with Crippen molar-refractivity contribution in [2.75, 3.05) is 19.7 Å². The van der Waals surface area contributed by atoms with E-state index in [4.69, 9.17) is 4.74 Å². The summed E-state index contributed by atoms with van der Waals surface area (Å²) in [6.45, 7) is 7.19. The van der Waals surface area contributed by atoms with E-state index in [2.05, 4.69) is 10.6 Å². The Bertz CT molecular complexity index is 870. The third-order valence-corrected chi connectivity index (χ3v) is 5.17. The molecule has 0 spiro atoms. The number of ether oxygens (including phenoxy) is 1. The Hall–Kier alpha value is -2.60. The van der Waals surface area contributed by atoms with E-state index in [1.807, 2.05) is 37.3 Å². The van der Waals surface area contributed by atoms with Gasteiger partial charge < -0.3 is 19.9 Å². The second-order valence-corrected chi connectivity index (χ2v) is 7.27. The van der Waals surface area contributed by atoms with Crippen molar-refractivity contribution in [3.63, 3.8) is 0 Å². The summed E-state index contributed by atoms with van der Waals surface area (Å²) < 4.78 is 7.28. The SMILES string of the molecule is CCOc1ccccc1CNC(=O)c1c(C)ccn(CC2CCCNC2)c1=O. The number of aromatic nitrogens is 1. The average Bonchev–Trinajstić information content (AvgIpc) is 2.71. The fraction of sp³-hybridized carbons (Fsp3) is 0.455. The molecule has 1 aliphatic rings. The molecule has 0 saturated carbocycles. The number of carbonyl (C=O) groups excluding carboxylic acids is 1. The molecule has 2 aromatic rings. The van der Waals surface area contributed by atoms with Crippen molar-refractivity contribution < 1.29 is 9.53 Å². The quantitative estimate of drug-likeness (QED) is 0.771. The Morgan fingerprint density at radius 3 is 2.89 bits per heavy atom. The van der Waals surface area contributed by atoms with Crippen LogP contribution in [0.5, 0.6) is 5.75 Å². The summed E-state index contributed by atoms with van der Waals surface area (Å²) >= 11 is 0. The third kappa shape index (κ3) is 4.81. The van der Waals surface area contributed by atoms with Crippen LogP contribution in [0.3, 0.4) is 0 Å². The number of rotatable bonds is 7. The van der Waals surface area contributed by atoms with Gasteiger partial charge in [0.1, 0.15) is 11.3 Å². The first-order valence-corrected chi connectivity index (χ1v) is 9.99. The van der Waals surface area contributed by atoms with Crippen LogP contribution in [0.2, 0.25) is 0 Å². The summed E-state index contributed by atoms with van der Waals surface area (Å²) in [5.74, 6) is 0.824. The van der Waals surface area contributed by atoms with Gasteiger partial charge in [-0.1, -0.05) is 18.2 Å². The Morgan fingerprint density at radius 2 is 2.14 bits per heavy atom. The smallest absolute Gasteiger partial charge is 0.263 e. The highest BCUT2D eigenvalue weighted by Gasteiger charge is 2.19. The van der Waals surface area contributed by atoms with Crippen LogP contribution in [-0.4, -0.2) is 30.2 Å². The van der Waals surface area contributed by atoms with Crippen molar-refractivity contribution in [2.45, 2.75) is 39.8 Å². The van der Waals surface area contributed by atoms with Gasteiger partial charge in [-0.25, -0.2) is 0 Å². The molecule has 1 aromatic carbocycles. The van der Waals surface area contributed by atoms with Gasteiger partial charge in [-0.15, -0.1) is 0 Å². The molecule has 1 amide bonds. The first-order valence-electron chi connectivity index (χ1n) is 9.99. The molecular weight excluding hydrogens is 354 g/mol. The average molecular weight is 383 g/mol. The van der Waals surface area contributed by atoms with Crippen molar-refractivity contribution in [3.05, 3.63) is 63.6 Å². The molecule has 6 heteroatoms. The first kappa shape index (κ1) is 20.1. The second-order valence-electron chi connectivity index (χ2n) is 7.27. The molecular formula is C22H29N3O3. The molecule has 1 unspecified atom stereocenters. The van der Waals surface area contributed by atoms with Crippen LogP contribution in [0, 0.1) is 12.8 Å². The molecule has 2 N–H and O–H groups in total. The number of aryl methyl sites for hydroxylation is 1. The van der Waals surface area contributed by atoms with Crippen molar-refractivity contribution in [2.24, 2.45) is 5.92 Å². The summed E-state index contributed by atoms with van der Waals surface area (Å²) in [5, 5.41) is 6.25. The van der Waals surface area contributed by atoms with Gasteiger partial charge in [-0.3, -0.25) is 9.59 Å². The lowest BCUT2D eigenvalue weighted by Gasteiger charge is -2.23. The van der Waals surface area contributed by atoms with Crippen LogP contribution < -0.4 is 20.9 Å². The first-order chi connectivity index (χ1) is 13.6. The minimum absolute atomic E-state index is 0.221. The van der Waals surface area contributed by atoms with Gasteiger partial charge in [-0.05, 0) is 63.4 Å². The molecule has 6 nitrogen and oxygen atoms in total. The van der Waals surface area contributed by atoms with Gasteiger partial charge >= 0.3 is 0 Å². The molecule has 1 saturated heterocycles. The number of benzene rings is 1. The molecule has 0 bridgehead atoms. The minimum atomic E-state index is -0.343. The Morgan fingerprint density at radius 1 is 1.32 bits per heavy atom. The van der Waals surface area contributed by atoms with E-state index >= 15 is 0 Å². The van der Waals surface area contributed by atoms with Crippen molar-refractivity contribution in [1.29, 1.82) is 0 Å². The maximum absolute atomic E-state index is 12.9. The van der Waals surface area contributed by atoms with Gasteiger partial charge in [0.25, 0.3) is 11.5 Å². The van der Waals surface area contributed by atoms with Crippen LogP contribution in [-0.2, 0) is 13.1 Å². The van der Waals surface area contributed by atoms with Gasteiger partial charge in [0.15, 0.2) is 0 Å². The van der Waals surface area contributed by atoms with E-state index in [1.54, 1.807) is 17.7 Å². The van der Waals surface area contributed by atoms with E-state index in [0.29, 0.717) is 31.2 Å². The number of nitrogens with one attached hydrogen (secondary N) is 2. The fourth-order valence-electron chi connectivity index (χ4n) is 3.65. The summed E-state index contributed by atoms with van der Waals surface area (Å²) in [6, 6.07) is 9.45. The van der Waals surface area contributed by atoms with Gasteiger partial charge in [-0.2, -0.15) is 0 Å². The molecule has 150 valence electrons. The molecule has 0 aliphatic carbocycles. The zero-order valence-corrected chi connectivity index (χ0v) is 16.7. The topological polar surface area (TPSA) is 72.4 Å². The van der Waals surface area contributed by atoms with Gasteiger partial charge in [0, 0.05) is 24.8 Å². The number of nitrogens with zero attached hydrogens (tertiary/aromatic N) is 1. The predicted octanol–water partition coefficient (Wildman–Crippen LogP) is 2.49. The van der Waals surface area contributed by atoms with E-state index in [9.17, 15) is 9.59 Å². The van der Waals surface area contributed by atoms with Gasteiger partial charge in [0.2, 0.25) is 0 Å². The zero-order chi connectivity index (χ0) is 19.9. The maximum Gasteiger partial charge on any atom is 0.263 e.